The molecule has 0 atom stereocenters. The minimum absolute atomic E-state index is 0.175. The van der Waals surface area contributed by atoms with Gasteiger partial charge in [0.2, 0.25) is 0 Å². The Morgan fingerprint density at radius 1 is 1.27 bits per heavy atom. The molecule has 15 heavy (non-hydrogen) atoms. The van der Waals surface area contributed by atoms with Crippen LogP contribution in [0.15, 0.2) is 35.9 Å². The molecule has 1 aromatic rings. The Balaban J connectivity index is 3.03. The number of allylic oxidation sites excluding steroid dienone is 1. The number of rotatable bonds is 3. The van der Waals surface area contributed by atoms with Crippen LogP contribution in [0.5, 0.6) is 0 Å². The minimum Gasteiger partial charge on any atom is -0.883 e. The van der Waals surface area contributed by atoms with E-state index in [-0.39, 0.29) is 5.70 Å². The molecular formula is C12H14NO2-3. The summed E-state index contributed by atoms with van der Waals surface area (Å²) in [5.41, 5.74) is 2.13. The van der Waals surface area contributed by atoms with Gasteiger partial charge in [-0.25, -0.2) is 0 Å². The summed E-state index contributed by atoms with van der Waals surface area (Å²) >= 11 is 0. The van der Waals surface area contributed by atoms with Crippen molar-refractivity contribution in [2.24, 2.45) is 0 Å². The van der Waals surface area contributed by atoms with Crippen LogP contribution in [0.25, 0.3) is 0 Å². The van der Waals surface area contributed by atoms with E-state index in [0.29, 0.717) is 6.54 Å². The van der Waals surface area contributed by atoms with Gasteiger partial charge in [0.15, 0.2) is 0 Å². The van der Waals surface area contributed by atoms with Crippen LogP contribution in [0.3, 0.4) is 0 Å². The Kier molecular flexibility index (Phi) is 3.61. The highest BCUT2D eigenvalue weighted by molar-refractivity contribution is 5.52. The van der Waals surface area contributed by atoms with Crippen molar-refractivity contribution in [2.45, 2.75) is 13.8 Å². The van der Waals surface area contributed by atoms with Crippen molar-refractivity contribution in [1.82, 2.24) is 0 Å². The maximum Gasteiger partial charge on any atom is 0.0383 e. The van der Waals surface area contributed by atoms with E-state index in [1.807, 2.05) is 31.2 Å². The lowest BCUT2D eigenvalue weighted by Crippen LogP contribution is -2.30. The molecule has 0 aromatic heterocycles. The largest absolute Gasteiger partial charge is 0.883 e. The van der Waals surface area contributed by atoms with Gasteiger partial charge in [-0.2, -0.15) is 5.95 Å². The number of nitrogens with zero attached hydrogens (tertiary/aromatic N) is 1. The highest BCUT2D eigenvalue weighted by atomic mass is 16.5. The lowest BCUT2D eigenvalue weighted by molar-refractivity contribution is -0.515. The highest BCUT2D eigenvalue weighted by Gasteiger charge is 2.01. The maximum absolute atomic E-state index is 10.7. The summed E-state index contributed by atoms with van der Waals surface area (Å²) in [6.45, 7) is 7.56. The van der Waals surface area contributed by atoms with E-state index < -0.39 is 5.95 Å². The maximum atomic E-state index is 10.7. The predicted octanol–water partition coefficient (Wildman–Crippen LogP) is 0.545. The van der Waals surface area contributed by atoms with E-state index in [9.17, 15) is 10.2 Å². The summed E-state index contributed by atoms with van der Waals surface area (Å²) in [5, 5.41) is 21.4. The van der Waals surface area contributed by atoms with Crippen molar-refractivity contribution in [3.05, 3.63) is 48.4 Å². The Labute approximate surface area is 90.3 Å². The smallest absolute Gasteiger partial charge is 0.0383 e. The van der Waals surface area contributed by atoms with Crippen LogP contribution in [-0.4, -0.2) is 6.54 Å². The van der Waals surface area contributed by atoms with Crippen LogP contribution in [0.4, 0.5) is 5.69 Å². The zero-order chi connectivity index (χ0) is 11.4. The molecule has 3 nitrogen and oxygen atoms in total. The van der Waals surface area contributed by atoms with Crippen molar-refractivity contribution in [3.8, 4) is 0 Å². The molecular weight excluding hydrogens is 190 g/mol. The Bertz CT molecular complexity index is 350. The molecule has 0 radical (unpaired) electrons. The van der Waals surface area contributed by atoms with Gasteiger partial charge in [0.05, 0.1) is 0 Å². The van der Waals surface area contributed by atoms with E-state index in [1.165, 1.54) is 6.92 Å². The summed E-state index contributed by atoms with van der Waals surface area (Å²) < 4.78 is 0. The molecule has 82 valence electrons. The molecule has 0 N–H and O–H groups in total. The molecule has 0 bridgehead atoms. The Morgan fingerprint density at radius 2 is 1.80 bits per heavy atom. The topological polar surface area (TPSA) is 49.4 Å². The first-order valence-electron chi connectivity index (χ1n) is 4.74. The van der Waals surface area contributed by atoms with Gasteiger partial charge in [-0.05, 0) is 31.7 Å². The Morgan fingerprint density at radius 3 is 2.20 bits per heavy atom. The van der Waals surface area contributed by atoms with Crippen molar-refractivity contribution in [2.75, 3.05) is 11.4 Å². The van der Waals surface area contributed by atoms with Crippen LogP contribution in [-0.2, 0) is 0 Å². The van der Waals surface area contributed by atoms with Gasteiger partial charge in [0.25, 0.3) is 0 Å². The van der Waals surface area contributed by atoms with Crippen molar-refractivity contribution >= 4 is 5.69 Å². The van der Waals surface area contributed by atoms with Crippen LogP contribution in [0, 0.1) is 13.8 Å². The first-order valence-corrected chi connectivity index (χ1v) is 4.74. The van der Waals surface area contributed by atoms with Gasteiger partial charge in [-0.15, -0.1) is 6.54 Å². The van der Waals surface area contributed by atoms with Crippen molar-refractivity contribution in [3.63, 3.8) is 0 Å². The van der Waals surface area contributed by atoms with E-state index in [0.717, 1.165) is 11.3 Å². The first-order chi connectivity index (χ1) is 7.06. The van der Waals surface area contributed by atoms with Gasteiger partial charge in [0, 0.05) is 5.69 Å². The SMILES string of the molecule is [CH2-]CN(C(C)=C([O-])[O-])c1ccc(C)cc1. The van der Waals surface area contributed by atoms with Gasteiger partial charge in [-0.1, -0.05) is 17.7 Å². The van der Waals surface area contributed by atoms with Crippen LogP contribution in [0.2, 0.25) is 0 Å². The third-order valence-electron chi connectivity index (χ3n) is 2.27. The lowest BCUT2D eigenvalue weighted by atomic mass is 10.2. The number of benzene rings is 1. The van der Waals surface area contributed by atoms with Crippen LogP contribution < -0.4 is 15.1 Å². The molecule has 0 aliphatic rings. The van der Waals surface area contributed by atoms with Gasteiger partial charge in [-0.3, -0.25) is 0 Å². The second kappa shape index (κ2) is 4.73. The molecule has 0 unspecified atom stereocenters. The van der Waals surface area contributed by atoms with E-state index >= 15 is 0 Å². The third kappa shape index (κ3) is 2.65. The zero-order valence-electron chi connectivity index (χ0n) is 8.99. The van der Waals surface area contributed by atoms with Crippen molar-refractivity contribution < 1.29 is 10.2 Å². The molecule has 0 saturated heterocycles. The van der Waals surface area contributed by atoms with E-state index in [4.69, 9.17) is 0 Å². The summed E-state index contributed by atoms with van der Waals surface area (Å²) in [5.74, 6) is -1.17. The summed E-state index contributed by atoms with van der Waals surface area (Å²) in [4.78, 5) is 1.61. The zero-order valence-corrected chi connectivity index (χ0v) is 8.99. The molecule has 0 aliphatic heterocycles. The molecule has 0 aliphatic carbocycles. The molecule has 0 saturated carbocycles. The standard InChI is InChI=1S/C12H16NO2/c1-4-13(10(3)12(14)15)11-7-5-9(2)6-8-11/h5-8,14-15H,1,4H2,2-3H3/q-1/p-2. The third-order valence-corrected chi connectivity index (χ3v) is 2.27. The number of hydrogen-bond donors (Lipinski definition) is 0. The average molecular weight is 204 g/mol. The predicted molar refractivity (Wildman–Crippen MR) is 56.6 cm³/mol. The molecule has 3 heteroatoms. The molecule has 1 rings (SSSR count). The normalized spacial score (nSPS) is 9.80. The van der Waals surface area contributed by atoms with Crippen LogP contribution in [0.1, 0.15) is 12.5 Å². The number of aryl methyl sites for hydroxylation is 1. The Hall–Kier alpha value is -1.64. The fraction of sp³-hybridized carbons (Fsp3) is 0.250. The quantitative estimate of drug-likeness (QED) is 0.533. The lowest BCUT2D eigenvalue weighted by Gasteiger charge is -2.34. The molecule has 0 spiro atoms. The van der Waals surface area contributed by atoms with Crippen LogP contribution >= 0.6 is 0 Å². The second-order valence-corrected chi connectivity index (χ2v) is 3.36. The van der Waals surface area contributed by atoms with E-state index in [2.05, 4.69) is 6.92 Å². The molecule has 1 aromatic carbocycles. The minimum atomic E-state index is -1.17. The van der Waals surface area contributed by atoms with Crippen molar-refractivity contribution in [1.29, 1.82) is 0 Å². The molecule has 0 fully saturated rings. The monoisotopic (exact) mass is 204 g/mol. The fourth-order valence-corrected chi connectivity index (χ4v) is 1.33. The molecule has 0 amide bonds. The van der Waals surface area contributed by atoms with Gasteiger partial charge in [0.1, 0.15) is 0 Å². The average Bonchev–Trinajstić information content (AvgIpc) is 2.21. The van der Waals surface area contributed by atoms with Gasteiger partial charge >= 0.3 is 0 Å². The summed E-state index contributed by atoms with van der Waals surface area (Å²) in [6, 6.07) is 7.60. The molecule has 0 heterocycles. The highest BCUT2D eigenvalue weighted by Crippen LogP contribution is 2.19. The van der Waals surface area contributed by atoms with E-state index in [1.54, 1.807) is 4.90 Å². The number of anilines is 1. The number of hydrogen-bond acceptors (Lipinski definition) is 3. The van der Waals surface area contributed by atoms with Gasteiger partial charge < -0.3 is 22.0 Å². The first kappa shape index (κ1) is 11.4. The fourth-order valence-electron chi connectivity index (χ4n) is 1.33. The second-order valence-electron chi connectivity index (χ2n) is 3.36. The summed E-state index contributed by atoms with van der Waals surface area (Å²) in [7, 11) is 0. The summed E-state index contributed by atoms with van der Waals surface area (Å²) in [6.07, 6.45) is 0.